The second-order valence-corrected chi connectivity index (χ2v) is 4.89. The smallest absolute Gasteiger partial charge is 0.147 e. The molecule has 1 aliphatic heterocycles. The Labute approximate surface area is 107 Å². The lowest BCUT2D eigenvalue weighted by Crippen LogP contribution is -2.41. The Morgan fingerprint density at radius 1 is 1.06 bits per heavy atom. The quantitative estimate of drug-likeness (QED) is 0.770. The van der Waals surface area contributed by atoms with E-state index < -0.39 is 0 Å². The third-order valence-electron chi connectivity index (χ3n) is 2.85. The molecule has 0 bridgehead atoms. The van der Waals surface area contributed by atoms with Crippen molar-refractivity contribution in [2.24, 2.45) is 0 Å². The molecule has 0 spiro atoms. The number of hydrogen-bond acceptors (Lipinski definition) is 3. The molecule has 0 aliphatic carbocycles. The predicted octanol–water partition coefficient (Wildman–Crippen LogP) is 2.93. The number of halogens is 1. The topological polar surface area (TPSA) is 21.7 Å². The lowest BCUT2D eigenvalue weighted by Gasteiger charge is -2.33. The van der Waals surface area contributed by atoms with Crippen molar-refractivity contribution in [1.29, 1.82) is 0 Å². The molecule has 1 aromatic carbocycles. The van der Waals surface area contributed by atoms with Crippen LogP contribution in [0.4, 0.5) is 5.69 Å². The minimum absolute atomic E-state index is 0.165. The molecule has 0 saturated carbocycles. The first-order valence-electron chi connectivity index (χ1n) is 5.89. The van der Waals surface area contributed by atoms with E-state index in [-0.39, 0.29) is 12.2 Å². The van der Waals surface area contributed by atoms with Gasteiger partial charge in [-0.25, -0.2) is 0 Å². The molecule has 1 aromatic rings. The summed E-state index contributed by atoms with van der Waals surface area (Å²) in [4.78, 5) is 2.27. The molecular weight excluding hydrogens is 238 g/mol. The standard InChI is InChI=1S/C13H18ClNO2/c1-10-7-15(8-11(2)17-9-16-10)13-5-3-12(14)4-6-13/h3-6,10-11H,7-9H2,1-2H3. The number of nitrogens with zero attached hydrogens (tertiary/aromatic N) is 1. The average molecular weight is 256 g/mol. The van der Waals surface area contributed by atoms with Crippen molar-refractivity contribution in [2.45, 2.75) is 26.1 Å². The molecule has 94 valence electrons. The molecule has 4 heteroatoms. The summed E-state index contributed by atoms with van der Waals surface area (Å²) in [6.45, 7) is 6.24. The van der Waals surface area contributed by atoms with Crippen LogP contribution in [0.5, 0.6) is 0 Å². The maximum absolute atomic E-state index is 5.90. The Hall–Kier alpha value is -0.770. The fourth-order valence-corrected chi connectivity index (χ4v) is 2.06. The van der Waals surface area contributed by atoms with E-state index in [0.717, 1.165) is 23.8 Å². The van der Waals surface area contributed by atoms with E-state index >= 15 is 0 Å². The highest BCUT2D eigenvalue weighted by Gasteiger charge is 2.18. The Kier molecular flexibility index (Phi) is 4.26. The number of benzene rings is 1. The van der Waals surface area contributed by atoms with Gasteiger partial charge in [0.1, 0.15) is 6.79 Å². The fourth-order valence-electron chi connectivity index (χ4n) is 1.93. The van der Waals surface area contributed by atoms with E-state index in [2.05, 4.69) is 18.7 Å². The maximum atomic E-state index is 5.90. The van der Waals surface area contributed by atoms with E-state index in [1.807, 2.05) is 24.3 Å². The minimum atomic E-state index is 0.165. The van der Waals surface area contributed by atoms with Gasteiger partial charge < -0.3 is 14.4 Å². The fraction of sp³-hybridized carbons (Fsp3) is 0.538. The molecular formula is C13H18ClNO2. The van der Waals surface area contributed by atoms with E-state index in [0.29, 0.717) is 6.79 Å². The molecule has 0 radical (unpaired) electrons. The largest absolute Gasteiger partial charge is 0.366 e. The lowest BCUT2D eigenvalue weighted by molar-refractivity contribution is -0.113. The van der Waals surface area contributed by atoms with Crippen molar-refractivity contribution >= 4 is 17.3 Å². The van der Waals surface area contributed by atoms with Crippen LogP contribution in [-0.4, -0.2) is 32.1 Å². The van der Waals surface area contributed by atoms with Crippen molar-refractivity contribution in [3.05, 3.63) is 29.3 Å². The summed E-state index contributed by atoms with van der Waals surface area (Å²) in [5, 5.41) is 0.759. The van der Waals surface area contributed by atoms with Crippen LogP contribution in [0.3, 0.4) is 0 Å². The molecule has 0 N–H and O–H groups in total. The summed E-state index contributed by atoms with van der Waals surface area (Å²) in [5.74, 6) is 0. The Balaban J connectivity index is 2.12. The van der Waals surface area contributed by atoms with Gasteiger partial charge in [-0.1, -0.05) is 11.6 Å². The molecule has 2 rings (SSSR count). The van der Waals surface area contributed by atoms with Crippen molar-refractivity contribution in [1.82, 2.24) is 0 Å². The summed E-state index contributed by atoms with van der Waals surface area (Å²) in [5.41, 5.74) is 1.15. The van der Waals surface area contributed by atoms with Crippen LogP contribution in [0.15, 0.2) is 24.3 Å². The second-order valence-electron chi connectivity index (χ2n) is 4.45. The third kappa shape index (κ3) is 3.60. The number of anilines is 1. The molecule has 0 aromatic heterocycles. The summed E-state index contributed by atoms with van der Waals surface area (Å²) in [7, 11) is 0. The van der Waals surface area contributed by atoms with Gasteiger partial charge in [0.05, 0.1) is 12.2 Å². The van der Waals surface area contributed by atoms with Gasteiger partial charge in [-0.2, -0.15) is 0 Å². The molecule has 2 unspecified atom stereocenters. The van der Waals surface area contributed by atoms with E-state index in [1.165, 1.54) is 0 Å². The summed E-state index contributed by atoms with van der Waals surface area (Å²) >= 11 is 5.90. The highest BCUT2D eigenvalue weighted by atomic mass is 35.5. The molecule has 1 saturated heterocycles. The zero-order valence-corrected chi connectivity index (χ0v) is 11.0. The highest BCUT2D eigenvalue weighted by Crippen LogP contribution is 2.20. The van der Waals surface area contributed by atoms with Crippen molar-refractivity contribution < 1.29 is 9.47 Å². The third-order valence-corrected chi connectivity index (χ3v) is 3.10. The SMILES string of the molecule is CC1CN(c2ccc(Cl)cc2)CC(C)OCO1. The van der Waals surface area contributed by atoms with Crippen LogP contribution >= 0.6 is 11.6 Å². The van der Waals surface area contributed by atoms with Gasteiger partial charge in [0, 0.05) is 23.8 Å². The number of hydrogen-bond donors (Lipinski definition) is 0. The van der Waals surface area contributed by atoms with E-state index in [4.69, 9.17) is 21.1 Å². The molecule has 1 aliphatic rings. The maximum Gasteiger partial charge on any atom is 0.147 e. The second kappa shape index (κ2) is 5.71. The van der Waals surface area contributed by atoms with Crippen molar-refractivity contribution in [3.8, 4) is 0 Å². The van der Waals surface area contributed by atoms with E-state index in [1.54, 1.807) is 0 Å². The Morgan fingerprint density at radius 3 is 2.12 bits per heavy atom. The monoisotopic (exact) mass is 255 g/mol. The van der Waals surface area contributed by atoms with Gasteiger partial charge in [-0.05, 0) is 38.1 Å². The van der Waals surface area contributed by atoms with Gasteiger partial charge >= 0.3 is 0 Å². The van der Waals surface area contributed by atoms with Crippen molar-refractivity contribution in [2.75, 3.05) is 24.8 Å². The van der Waals surface area contributed by atoms with Crippen LogP contribution in [0, 0.1) is 0 Å². The molecule has 2 atom stereocenters. The molecule has 1 fully saturated rings. The molecule has 17 heavy (non-hydrogen) atoms. The summed E-state index contributed by atoms with van der Waals surface area (Å²) in [6.07, 6.45) is 0.330. The zero-order valence-electron chi connectivity index (χ0n) is 10.2. The van der Waals surface area contributed by atoms with Crippen LogP contribution in [0.1, 0.15) is 13.8 Å². The van der Waals surface area contributed by atoms with Gasteiger partial charge in [0.2, 0.25) is 0 Å². The highest BCUT2D eigenvalue weighted by molar-refractivity contribution is 6.30. The number of ether oxygens (including phenoxy) is 2. The van der Waals surface area contributed by atoms with Gasteiger partial charge in [0.25, 0.3) is 0 Å². The minimum Gasteiger partial charge on any atom is -0.366 e. The Bertz CT molecular complexity index is 343. The van der Waals surface area contributed by atoms with Crippen LogP contribution in [-0.2, 0) is 9.47 Å². The average Bonchev–Trinajstić information content (AvgIpc) is 2.27. The molecule has 0 amide bonds. The molecule has 1 heterocycles. The van der Waals surface area contributed by atoms with Gasteiger partial charge in [-0.15, -0.1) is 0 Å². The normalized spacial score (nSPS) is 26.4. The lowest BCUT2D eigenvalue weighted by atomic mass is 10.2. The summed E-state index contributed by atoms with van der Waals surface area (Å²) in [6, 6.07) is 7.88. The molecule has 3 nitrogen and oxygen atoms in total. The van der Waals surface area contributed by atoms with Crippen LogP contribution in [0.25, 0.3) is 0 Å². The Morgan fingerprint density at radius 2 is 1.59 bits per heavy atom. The first kappa shape index (κ1) is 12.7. The first-order chi connectivity index (χ1) is 8.15. The van der Waals surface area contributed by atoms with Gasteiger partial charge in [0.15, 0.2) is 0 Å². The zero-order chi connectivity index (χ0) is 12.3. The van der Waals surface area contributed by atoms with Crippen molar-refractivity contribution in [3.63, 3.8) is 0 Å². The van der Waals surface area contributed by atoms with Crippen LogP contribution in [0.2, 0.25) is 5.02 Å². The van der Waals surface area contributed by atoms with Crippen LogP contribution < -0.4 is 4.90 Å². The number of rotatable bonds is 1. The predicted molar refractivity (Wildman–Crippen MR) is 69.6 cm³/mol. The van der Waals surface area contributed by atoms with Gasteiger partial charge in [-0.3, -0.25) is 0 Å². The van der Waals surface area contributed by atoms with E-state index in [9.17, 15) is 0 Å². The summed E-state index contributed by atoms with van der Waals surface area (Å²) < 4.78 is 11.1. The first-order valence-corrected chi connectivity index (χ1v) is 6.26.